The van der Waals surface area contributed by atoms with Crippen LogP contribution in [0.15, 0.2) is 77.7 Å². The highest BCUT2D eigenvalue weighted by molar-refractivity contribution is 7.92. The van der Waals surface area contributed by atoms with Gasteiger partial charge >= 0.3 is 0 Å². The normalized spacial score (nSPS) is 14.0. The Morgan fingerprint density at radius 3 is 2.36 bits per heavy atom. The molecule has 3 aromatic rings. The van der Waals surface area contributed by atoms with Gasteiger partial charge in [0.2, 0.25) is 0 Å². The lowest BCUT2D eigenvalue weighted by Gasteiger charge is -2.31. The first-order chi connectivity index (χ1) is 15.9. The Morgan fingerprint density at radius 1 is 0.970 bits per heavy atom. The lowest BCUT2D eigenvalue weighted by Crippen LogP contribution is -2.43. The van der Waals surface area contributed by atoms with E-state index in [1.54, 1.807) is 18.2 Å². The highest BCUT2D eigenvalue weighted by Gasteiger charge is 2.21. The summed E-state index contributed by atoms with van der Waals surface area (Å²) in [6.07, 6.45) is 0. The van der Waals surface area contributed by atoms with E-state index in [1.165, 1.54) is 24.3 Å². The number of anilines is 2. The second-order valence-corrected chi connectivity index (χ2v) is 9.82. The maximum Gasteiger partial charge on any atom is 0.261 e. The number of sulfonamides is 1. The van der Waals surface area contributed by atoms with Gasteiger partial charge in [-0.25, -0.2) is 8.42 Å². The van der Waals surface area contributed by atoms with Crippen LogP contribution in [0.25, 0.3) is 0 Å². The summed E-state index contributed by atoms with van der Waals surface area (Å²) in [5.41, 5.74) is 2.44. The van der Waals surface area contributed by atoms with E-state index in [1.807, 2.05) is 30.3 Å². The van der Waals surface area contributed by atoms with Crippen molar-refractivity contribution >= 4 is 38.9 Å². The number of hydrogen-bond acceptors (Lipinski definition) is 5. The number of nitrogens with zero attached hydrogens (tertiary/aromatic N) is 1. The highest BCUT2D eigenvalue weighted by Crippen LogP contribution is 2.30. The lowest BCUT2D eigenvalue weighted by molar-refractivity contribution is 0.0951. The molecule has 7 nitrogen and oxygen atoms in total. The summed E-state index contributed by atoms with van der Waals surface area (Å²) in [7, 11) is -3.87. The van der Waals surface area contributed by atoms with Crippen LogP contribution in [0.1, 0.15) is 15.9 Å². The number of halogens is 1. The fourth-order valence-electron chi connectivity index (χ4n) is 3.64. The molecule has 4 rings (SSSR count). The molecule has 33 heavy (non-hydrogen) atoms. The largest absolute Gasteiger partial charge is 0.367 e. The van der Waals surface area contributed by atoms with E-state index < -0.39 is 10.0 Å². The van der Waals surface area contributed by atoms with Gasteiger partial charge in [0.05, 0.1) is 16.3 Å². The molecule has 1 fully saturated rings. The van der Waals surface area contributed by atoms with E-state index in [4.69, 9.17) is 11.6 Å². The van der Waals surface area contributed by atoms with Crippen LogP contribution < -0.4 is 20.3 Å². The second kappa shape index (κ2) is 10.2. The fraction of sp³-hybridized carbons (Fsp3) is 0.208. The van der Waals surface area contributed by atoms with Gasteiger partial charge in [0, 0.05) is 43.3 Å². The van der Waals surface area contributed by atoms with E-state index >= 15 is 0 Å². The minimum absolute atomic E-state index is 0.0945. The number of hydrogen-bond donors (Lipinski definition) is 3. The quantitative estimate of drug-likeness (QED) is 0.477. The van der Waals surface area contributed by atoms with Crippen molar-refractivity contribution in [2.45, 2.75) is 11.4 Å². The summed E-state index contributed by atoms with van der Waals surface area (Å²) in [5, 5.41) is 6.63. The van der Waals surface area contributed by atoms with Crippen LogP contribution in [0.4, 0.5) is 11.4 Å². The smallest absolute Gasteiger partial charge is 0.261 e. The van der Waals surface area contributed by atoms with Crippen molar-refractivity contribution in [1.82, 2.24) is 10.6 Å². The summed E-state index contributed by atoms with van der Waals surface area (Å²) >= 11 is 5.91. The molecule has 0 bridgehead atoms. The van der Waals surface area contributed by atoms with Crippen molar-refractivity contribution in [1.29, 1.82) is 0 Å². The molecular weight excluding hydrogens is 460 g/mol. The SMILES string of the molecule is O=C(NCc1ccccc1)c1ccc(N2CCNCC2)c(NS(=O)(=O)c2ccc(Cl)cc2)c1. The molecule has 172 valence electrons. The number of carbonyl (C=O) groups excluding carboxylic acids is 1. The van der Waals surface area contributed by atoms with Gasteiger partial charge in [-0.2, -0.15) is 0 Å². The predicted molar refractivity (Wildman–Crippen MR) is 131 cm³/mol. The summed E-state index contributed by atoms with van der Waals surface area (Å²) in [5.74, 6) is -0.280. The Labute approximate surface area is 198 Å². The molecular formula is C24H25ClN4O3S. The molecule has 0 atom stereocenters. The van der Waals surface area contributed by atoms with Gasteiger partial charge in [0.1, 0.15) is 0 Å². The molecule has 0 aliphatic carbocycles. The van der Waals surface area contributed by atoms with Crippen LogP contribution in [0.2, 0.25) is 5.02 Å². The summed E-state index contributed by atoms with van der Waals surface area (Å²) in [4.78, 5) is 15.0. The third-order valence-corrected chi connectivity index (χ3v) is 7.01. The van der Waals surface area contributed by atoms with Crippen LogP contribution in [-0.4, -0.2) is 40.5 Å². The van der Waals surface area contributed by atoms with Crippen molar-refractivity contribution in [2.75, 3.05) is 35.8 Å². The van der Waals surface area contributed by atoms with Gasteiger partial charge in [-0.05, 0) is 48.0 Å². The summed E-state index contributed by atoms with van der Waals surface area (Å²) in [6, 6.07) is 20.7. The zero-order chi connectivity index (χ0) is 23.3. The molecule has 3 aromatic carbocycles. The van der Waals surface area contributed by atoms with Gasteiger partial charge in [0.25, 0.3) is 15.9 Å². The molecule has 1 aliphatic heterocycles. The first-order valence-corrected chi connectivity index (χ1v) is 12.5. The lowest BCUT2D eigenvalue weighted by atomic mass is 10.1. The van der Waals surface area contributed by atoms with E-state index in [-0.39, 0.29) is 10.8 Å². The first kappa shape index (κ1) is 23.1. The summed E-state index contributed by atoms with van der Waals surface area (Å²) < 4.78 is 28.8. The zero-order valence-electron chi connectivity index (χ0n) is 17.9. The van der Waals surface area contributed by atoms with Crippen LogP contribution in [0.5, 0.6) is 0 Å². The Morgan fingerprint density at radius 2 is 1.67 bits per heavy atom. The second-order valence-electron chi connectivity index (χ2n) is 7.70. The highest BCUT2D eigenvalue weighted by atomic mass is 35.5. The molecule has 0 aromatic heterocycles. The van der Waals surface area contributed by atoms with Crippen molar-refractivity contribution in [3.05, 3.63) is 88.9 Å². The van der Waals surface area contributed by atoms with E-state index in [0.29, 0.717) is 22.8 Å². The number of benzene rings is 3. The minimum atomic E-state index is -3.87. The molecule has 1 saturated heterocycles. The molecule has 0 unspecified atom stereocenters. The number of amides is 1. The number of piperazine rings is 1. The van der Waals surface area contributed by atoms with Crippen LogP contribution in [-0.2, 0) is 16.6 Å². The van der Waals surface area contributed by atoms with Gasteiger partial charge < -0.3 is 15.5 Å². The van der Waals surface area contributed by atoms with Crippen molar-refractivity contribution in [2.24, 2.45) is 0 Å². The molecule has 1 heterocycles. The minimum Gasteiger partial charge on any atom is -0.367 e. The van der Waals surface area contributed by atoms with Crippen LogP contribution in [0, 0.1) is 0 Å². The Hall–Kier alpha value is -3.07. The maximum atomic E-state index is 13.1. The monoisotopic (exact) mass is 484 g/mol. The van der Waals surface area contributed by atoms with E-state index in [2.05, 4.69) is 20.3 Å². The molecule has 1 aliphatic rings. The predicted octanol–water partition coefficient (Wildman–Crippen LogP) is 3.48. The number of carbonyl (C=O) groups is 1. The maximum absolute atomic E-state index is 13.1. The third-order valence-electron chi connectivity index (χ3n) is 5.38. The average Bonchev–Trinajstić information content (AvgIpc) is 2.84. The van der Waals surface area contributed by atoms with Crippen LogP contribution >= 0.6 is 11.6 Å². The Balaban J connectivity index is 1.61. The standard InChI is InChI=1S/C24H25ClN4O3S/c25-20-7-9-21(10-8-20)33(31,32)28-22-16-19(6-11-23(22)29-14-12-26-13-15-29)24(30)27-17-18-4-2-1-3-5-18/h1-11,16,26,28H,12-15,17H2,(H,27,30). The molecule has 1 amide bonds. The van der Waals surface area contributed by atoms with Gasteiger partial charge in [-0.1, -0.05) is 41.9 Å². The Kier molecular flexibility index (Phi) is 7.17. The van der Waals surface area contributed by atoms with Crippen LogP contribution in [0.3, 0.4) is 0 Å². The zero-order valence-corrected chi connectivity index (χ0v) is 19.5. The van der Waals surface area contributed by atoms with Gasteiger partial charge in [-0.3, -0.25) is 9.52 Å². The summed E-state index contributed by atoms with van der Waals surface area (Å²) in [6.45, 7) is 3.43. The molecule has 3 N–H and O–H groups in total. The molecule has 0 saturated carbocycles. The van der Waals surface area contributed by atoms with E-state index in [0.717, 1.165) is 37.4 Å². The van der Waals surface area contributed by atoms with Gasteiger partial charge in [0.15, 0.2) is 0 Å². The molecule has 0 radical (unpaired) electrons. The molecule has 0 spiro atoms. The molecule has 9 heteroatoms. The van der Waals surface area contributed by atoms with Gasteiger partial charge in [-0.15, -0.1) is 0 Å². The topological polar surface area (TPSA) is 90.5 Å². The number of nitrogens with one attached hydrogen (secondary N) is 3. The first-order valence-electron chi connectivity index (χ1n) is 10.6. The van der Waals surface area contributed by atoms with Crippen molar-refractivity contribution in [3.63, 3.8) is 0 Å². The Bertz CT molecular complexity index is 1210. The number of rotatable bonds is 7. The average molecular weight is 485 g/mol. The fourth-order valence-corrected chi connectivity index (χ4v) is 4.83. The third kappa shape index (κ3) is 5.84. The van der Waals surface area contributed by atoms with Crippen molar-refractivity contribution < 1.29 is 13.2 Å². The van der Waals surface area contributed by atoms with E-state index in [9.17, 15) is 13.2 Å². The van der Waals surface area contributed by atoms with Crippen molar-refractivity contribution in [3.8, 4) is 0 Å².